The molecule has 0 spiro atoms. The quantitative estimate of drug-likeness (QED) is 0.127. The first kappa shape index (κ1) is 45.6. The highest BCUT2D eigenvalue weighted by atomic mass is 32.2. The highest BCUT2D eigenvalue weighted by Gasteiger charge is 2.68. The first-order chi connectivity index (χ1) is 29.3. The zero-order valence-electron chi connectivity index (χ0n) is 38.0. The molecule has 3 aromatic carbocycles. The van der Waals surface area contributed by atoms with Crippen molar-refractivity contribution in [2.75, 3.05) is 17.7 Å². The summed E-state index contributed by atoms with van der Waals surface area (Å²) in [6.07, 6.45) is 3.94. The van der Waals surface area contributed by atoms with Gasteiger partial charge >= 0.3 is 18.2 Å². The standard InChI is InChI=1S/C50H67N3O8S/c1-29-10-13-39(14-11-29)62(57,58)53-36-18-19-49(7)35(26-36)27-43(60-47(55)51-37-22-30(2)20-31(3)23-37)46-41-16-15-40(34(6)12-17-45(54)59-9)50(41,8)44(28-42(46)49)61-48(56)52-38-24-32(4)21-33(5)25-38/h10-11,13-14,20-25,34-36,40-44,46,53H,12,15-19,26-28H2,1-9H3,(H,51,55)(H,52,56)/t34-,35+,36-,40-,41+,42+,43-,44+,46+,49+,50-/m1/s1. The summed E-state index contributed by atoms with van der Waals surface area (Å²) < 4.78 is 48.8. The van der Waals surface area contributed by atoms with Crippen molar-refractivity contribution in [3.63, 3.8) is 0 Å². The van der Waals surface area contributed by atoms with Crippen molar-refractivity contribution in [2.45, 2.75) is 136 Å². The van der Waals surface area contributed by atoms with E-state index in [0.29, 0.717) is 49.9 Å². The third kappa shape index (κ3) is 9.42. The van der Waals surface area contributed by atoms with Crippen LogP contribution >= 0.6 is 0 Å². The van der Waals surface area contributed by atoms with Crippen LogP contribution in [0.15, 0.2) is 65.6 Å². The van der Waals surface area contributed by atoms with Crippen LogP contribution < -0.4 is 15.4 Å². The van der Waals surface area contributed by atoms with E-state index in [1.165, 1.54) is 7.11 Å². The Morgan fingerprint density at radius 1 is 0.742 bits per heavy atom. The van der Waals surface area contributed by atoms with E-state index in [1.54, 1.807) is 12.1 Å². The molecule has 0 unspecified atom stereocenters. The number of carbonyl (C=O) groups is 3. The lowest BCUT2D eigenvalue weighted by Crippen LogP contribution is -2.64. The van der Waals surface area contributed by atoms with Gasteiger partial charge in [0.15, 0.2) is 0 Å². The minimum atomic E-state index is -3.77. The maximum Gasteiger partial charge on any atom is 0.411 e. The van der Waals surface area contributed by atoms with Gasteiger partial charge in [0.1, 0.15) is 12.2 Å². The summed E-state index contributed by atoms with van der Waals surface area (Å²) in [6.45, 7) is 16.7. The van der Waals surface area contributed by atoms with Gasteiger partial charge in [0.05, 0.1) is 12.0 Å². The molecule has 4 aliphatic rings. The predicted octanol–water partition coefficient (Wildman–Crippen LogP) is 10.6. The molecule has 336 valence electrons. The number of aryl methyl sites for hydroxylation is 5. The molecule has 7 rings (SSSR count). The minimum Gasteiger partial charge on any atom is -0.469 e. The molecule has 0 aliphatic heterocycles. The van der Waals surface area contributed by atoms with Gasteiger partial charge in [-0.1, -0.05) is 50.6 Å². The lowest BCUT2D eigenvalue weighted by Gasteiger charge is -2.64. The molecule has 3 aromatic rings. The number of hydrogen-bond acceptors (Lipinski definition) is 8. The average Bonchev–Trinajstić information content (AvgIpc) is 3.54. The van der Waals surface area contributed by atoms with Crippen LogP contribution in [0.25, 0.3) is 0 Å². The summed E-state index contributed by atoms with van der Waals surface area (Å²) in [5.74, 6) is 0.0492. The summed E-state index contributed by atoms with van der Waals surface area (Å²) in [6, 6.07) is 18.5. The molecule has 3 N–H and O–H groups in total. The highest BCUT2D eigenvalue weighted by molar-refractivity contribution is 7.89. The molecule has 11 atom stereocenters. The Balaban J connectivity index is 1.23. The Kier molecular flexibility index (Phi) is 13.2. The maximum absolute atomic E-state index is 14.1. The lowest BCUT2D eigenvalue weighted by molar-refractivity contribution is -0.200. The van der Waals surface area contributed by atoms with Gasteiger partial charge in [-0.15, -0.1) is 0 Å². The number of anilines is 2. The largest absolute Gasteiger partial charge is 0.469 e. The molecule has 0 aromatic heterocycles. The van der Waals surface area contributed by atoms with Crippen LogP contribution in [0, 0.1) is 81.0 Å². The second-order valence-corrected chi connectivity index (χ2v) is 21.6. The molecule has 4 saturated carbocycles. The molecule has 62 heavy (non-hydrogen) atoms. The fourth-order valence-corrected chi connectivity index (χ4v) is 14.1. The second kappa shape index (κ2) is 18.0. The number of amides is 2. The third-order valence-electron chi connectivity index (χ3n) is 15.6. The number of ether oxygens (including phenoxy) is 3. The fourth-order valence-electron chi connectivity index (χ4n) is 12.8. The van der Waals surface area contributed by atoms with Crippen LogP contribution in [0.3, 0.4) is 0 Å². The van der Waals surface area contributed by atoms with E-state index in [1.807, 2.05) is 71.0 Å². The molecule has 0 radical (unpaired) electrons. The number of benzene rings is 3. The monoisotopic (exact) mass is 869 g/mol. The minimum absolute atomic E-state index is 0.0103. The third-order valence-corrected chi connectivity index (χ3v) is 17.2. The molecule has 11 nitrogen and oxygen atoms in total. The number of sulfonamides is 1. The maximum atomic E-state index is 14.1. The van der Waals surface area contributed by atoms with Crippen molar-refractivity contribution < 1.29 is 37.0 Å². The number of fused-ring (bicyclic) bond motifs is 5. The van der Waals surface area contributed by atoms with Gasteiger partial charge in [0, 0.05) is 35.2 Å². The van der Waals surface area contributed by atoms with Crippen molar-refractivity contribution >= 4 is 39.6 Å². The molecule has 4 aliphatic carbocycles. The van der Waals surface area contributed by atoms with Crippen molar-refractivity contribution in [2.24, 2.45) is 46.3 Å². The van der Waals surface area contributed by atoms with Gasteiger partial charge < -0.3 is 14.2 Å². The van der Waals surface area contributed by atoms with Gasteiger partial charge in [-0.2, -0.15) is 0 Å². The number of nitrogens with one attached hydrogen (secondary N) is 3. The molecule has 0 heterocycles. The number of methoxy groups -OCH3 is 1. The van der Waals surface area contributed by atoms with E-state index in [4.69, 9.17) is 14.2 Å². The molecule has 0 saturated heterocycles. The molecule has 4 fully saturated rings. The Hall–Kier alpha value is -4.42. The molecule has 0 bridgehead atoms. The highest BCUT2D eigenvalue weighted by Crippen LogP contribution is 2.69. The van der Waals surface area contributed by atoms with Crippen LogP contribution in [0.4, 0.5) is 21.0 Å². The SMILES string of the molecule is COC(=O)CC[C@@H](C)[C@H]1CC[C@H]2[C@@H]3[C@H](OC(=O)Nc4cc(C)cc(C)c4)C[C@@H]4C[C@H](NS(=O)(=O)c5ccc(C)cc5)CC[C@]4(C)[C@H]3C[C@H](OC(=O)Nc3cc(C)cc(C)c3)[C@]12C. The summed E-state index contributed by atoms with van der Waals surface area (Å²) in [5.41, 5.74) is 5.73. The van der Waals surface area contributed by atoms with Crippen molar-refractivity contribution in [3.8, 4) is 0 Å². The summed E-state index contributed by atoms with van der Waals surface area (Å²) in [5, 5.41) is 6.07. The Labute approximate surface area is 368 Å². The van der Waals surface area contributed by atoms with E-state index in [-0.39, 0.29) is 57.8 Å². The van der Waals surface area contributed by atoms with Crippen LogP contribution in [-0.2, 0) is 29.0 Å². The molecular weight excluding hydrogens is 803 g/mol. The smallest absolute Gasteiger partial charge is 0.411 e. The number of rotatable bonds is 11. The Morgan fingerprint density at radius 3 is 1.90 bits per heavy atom. The zero-order valence-corrected chi connectivity index (χ0v) is 38.8. The van der Waals surface area contributed by atoms with Crippen molar-refractivity contribution in [1.82, 2.24) is 4.72 Å². The van der Waals surface area contributed by atoms with Crippen LogP contribution in [0.5, 0.6) is 0 Å². The second-order valence-electron chi connectivity index (χ2n) is 19.9. The first-order valence-electron chi connectivity index (χ1n) is 22.6. The van der Waals surface area contributed by atoms with Crippen LogP contribution in [0.1, 0.15) is 106 Å². The van der Waals surface area contributed by atoms with Crippen LogP contribution in [0.2, 0.25) is 0 Å². The number of esters is 1. The van der Waals surface area contributed by atoms with Crippen molar-refractivity contribution in [3.05, 3.63) is 88.5 Å². The fraction of sp³-hybridized carbons (Fsp3) is 0.580. The van der Waals surface area contributed by atoms with E-state index in [9.17, 15) is 22.8 Å². The Bertz CT molecular complexity index is 2220. The van der Waals surface area contributed by atoms with E-state index in [0.717, 1.165) is 47.1 Å². The van der Waals surface area contributed by atoms with Gasteiger partial charge in [0.25, 0.3) is 0 Å². The first-order valence-corrected chi connectivity index (χ1v) is 24.0. The number of carbonyl (C=O) groups excluding carboxylic acids is 3. The molecule has 12 heteroatoms. The van der Waals surface area contributed by atoms with Crippen molar-refractivity contribution in [1.29, 1.82) is 0 Å². The van der Waals surface area contributed by atoms with Gasteiger partial charge in [-0.3, -0.25) is 15.4 Å². The number of hydrogen-bond donors (Lipinski definition) is 3. The van der Waals surface area contributed by atoms with E-state index >= 15 is 0 Å². The normalized spacial score (nSPS) is 30.8. The molecule has 2 amide bonds. The summed E-state index contributed by atoms with van der Waals surface area (Å²) in [4.78, 5) is 40.8. The summed E-state index contributed by atoms with van der Waals surface area (Å²) in [7, 11) is -2.35. The predicted molar refractivity (Wildman–Crippen MR) is 241 cm³/mol. The zero-order chi connectivity index (χ0) is 44.7. The van der Waals surface area contributed by atoms with E-state index < -0.39 is 39.8 Å². The van der Waals surface area contributed by atoms with E-state index in [2.05, 4.69) is 48.3 Å². The molecular formula is C50H67N3O8S. The van der Waals surface area contributed by atoms with Crippen LogP contribution in [-0.4, -0.2) is 51.9 Å². The lowest BCUT2D eigenvalue weighted by atomic mass is 9.43. The topological polar surface area (TPSA) is 149 Å². The Morgan fingerprint density at radius 2 is 1.32 bits per heavy atom. The average molecular weight is 870 g/mol. The summed E-state index contributed by atoms with van der Waals surface area (Å²) >= 11 is 0. The van der Waals surface area contributed by atoms with Gasteiger partial charge in [-0.05, 0) is 180 Å². The van der Waals surface area contributed by atoms with Gasteiger partial charge in [0.2, 0.25) is 10.0 Å². The van der Waals surface area contributed by atoms with Gasteiger partial charge in [-0.25, -0.2) is 22.7 Å².